The van der Waals surface area contributed by atoms with Gasteiger partial charge in [0.25, 0.3) is 0 Å². The summed E-state index contributed by atoms with van der Waals surface area (Å²) in [5.41, 5.74) is -1.13. The molecule has 0 bridgehead atoms. The number of aromatic nitrogens is 2. The molecule has 8 nitrogen and oxygen atoms in total. The quantitative estimate of drug-likeness (QED) is 0.375. The fraction of sp³-hybridized carbons (Fsp3) is 0.292. The summed E-state index contributed by atoms with van der Waals surface area (Å²) in [5.74, 6) is -1.11. The summed E-state index contributed by atoms with van der Waals surface area (Å²) in [4.78, 5) is 23.9. The maximum absolute atomic E-state index is 14.6. The molecular formula is C24H22ClF4N5O3. The molecule has 3 aromatic rings. The van der Waals surface area contributed by atoms with Gasteiger partial charge in [-0.15, -0.1) is 5.10 Å². The lowest BCUT2D eigenvalue weighted by atomic mass is 10.1. The molecular weight excluding hydrogens is 518 g/mol. The maximum Gasteiger partial charge on any atom is 0.416 e. The molecule has 4 rings (SSSR count). The predicted octanol–water partition coefficient (Wildman–Crippen LogP) is 4.81. The summed E-state index contributed by atoms with van der Waals surface area (Å²) in [6, 6.07) is 10.5. The molecule has 0 aliphatic carbocycles. The maximum atomic E-state index is 14.6. The first-order valence-electron chi connectivity index (χ1n) is 11.0. The van der Waals surface area contributed by atoms with Gasteiger partial charge in [-0.3, -0.25) is 4.79 Å². The average molecular weight is 540 g/mol. The Bertz CT molecular complexity index is 1320. The molecule has 1 saturated heterocycles. The van der Waals surface area contributed by atoms with E-state index in [1.165, 1.54) is 22.9 Å². The van der Waals surface area contributed by atoms with Crippen LogP contribution in [0.2, 0.25) is 5.02 Å². The van der Waals surface area contributed by atoms with Gasteiger partial charge in [-0.05, 0) is 61.9 Å². The number of halogens is 5. The van der Waals surface area contributed by atoms with Crippen LogP contribution in [0, 0.1) is 5.82 Å². The monoisotopic (exact) mass is 539 g/mol. The van der Waals surface area contributed by atoms with Gasteiger partial charge in [0.15, 0.2) is 11.4 Å². The van der Waals surface area contributed by atoms with Gasteiger partial charge >= 0.3 is 12.2 Å². The van der Waals surface area contributed by atoms with Gasteiger partial charge < -0.3 is 20.7 Å². The Morgan fingerprint density at radius 1 is 1.19 bits per heavy atom. The number of hydrogen-bond donors (Lipinski definition) is 3. The van der Waals surface area contributed by atoms with Crippen molar-refractivity contribution in [3.05, 3.63) is 64.9 Å². The largest absolute Gasteiger partial charge is 0.416 e. The zero-order chi connectivity index (χ0) is 27.0. The molecule has 13 heteroatoms. The van der Waals surface area contributed by atoms with Crippen molar-refractivity contribution < 1.29 is 31.9 Å². The summed E-state index contributed by atoms with van der Waals surface area (Å²) in [7, 11) is 0. The van der Waals surface area contributed by atoms with Crippen LogP contribution in [0.3, 0.4) is 0 Å². The van der Waals surface area contributed by atoms with Gasteiger partial charge in [0.2, 0.25) is 5.91 Å². The molecule has 3 amide bonds. The highest BCUT2D eigenvalue weighted by atomic mass is 35.5. The van der Waals surface area contributed by atoms with Gasteiger partial charge in [0.1, 0.15) is 11.9 Å². The van der Waals surface area contributed by atoms with Crippen molar-refractivity contribution in [1.29, 1.82) is 0 Å². The number of amides is 3. The van der Waals surface area contributed by atoms with E-state index in [1.807, 2.05) is 0 Å². The van der Waals surface area contributed by atoms with Gasteiger partial charge in [0.05, 0.1) is 18.0 Å². The van der Waals surface area contributed by atoms with Crippen molar-refractivity contribution in [1.82, 2.24) is 20.4 Å². The summed E-state index contributed by atoms with van der Waals surface area (Å²) in [6.45, 7) is 1.38. The molecule has 1 aromatic heterocycles. The van der Waals surface area contributed by atoms with E-state index < -0.39 is 42.2 Å². The molecule has 2 heterocycles. The molecule has 196 valence electrons. The lowest BCUT2D eigenvalue weighted by Crippen LogP contribution is -2.41. The number of hydrogen-bond acceptors (Lipinski definition) is 4. The molecule has 0 spiro atoms. The second kappa shape index (κ2) is 10.0. The summed E-state index contributed by atoms with van der Waals surface area (Å²) >= 11 is 5.99. The number of urea groups is 1. The highest BCUT2D eigenvalue weighted by molar-refractivity contribution is 6.30. The van der Waals surface area contributed by atoms with Gasteiger partial charge in [-0.2, -0.15) is 13.2 Å². The van der Waals surface area contributed by atoms with Crippen LogP contribution in [0.5, 0.6) is 0 Å². The van der Waals surface area contributed by atoms with Crippen LogP contribution in [0.15, 0.2) is 48.5 Å². The Hall–Kier alpha value is -3.64. The van der Waals surface area contributed by atoms with Crippen LogP contribution in [0.4, 0.5) is 28.2 Å². The molecule has 1 aliphatic heterocycles. The molecule has 0 unspecified atom stereocenters. The van der Waals surface area contributed by atoms with Gasteiger partial charge in [-0.1, -0.05) is 11.6 Å². The molecule has 3 N–H and O–H groups in total. The topological polar surface area (TPSA) is 97.3 Å². The van der Waals surface area contributed by atoms with Crippen molar-refractivity contribution >= 4 is 29.4 Å². The number of ether oxygens (including phenoxy) is 1. The highest BCUT2D eigenvalue weighted by Gasteiger charge is 2.48. The lowest BCUT2D eigenvalue weighted by Gasteiger charge is -2.28. The fourth-order valence-corrected chi connectivity index (χ4v) is 3.61. The zero-order valence-corrected chi connectivity index (χ0v) is 20.4. The van der Waals surface area contributed by atoms with Crippen LogP contribution in [-0.2, 0) is 16.1 Å². The number of alkyl halides is 3. The van der Waals surface area contributed by atoms with Crippen molar-refractivity contribution in [3.8, 4) is 16.9 Å². The minimum Gasteiger partial charge on any atom is -0.361 e. The predicted molar refractivity (Wildman–Crippen MR) is 128 cm³/mol. The average Bonchev–Trinajstić information content (AvgIpc) is 3.44. The van der Waals surface area contributed by atoms with Crippen LogP contribution in [0.25, 0.3) is 16.9 Å². The van der Waals surface area contributed by atoms with Crippen molar-refractivity contribution in [2.24, 2.45) is 0 Å². The standard InChI is InChI=1S/C24H22ClF4N5O3/c1-23(2,24(27,28)29)37-12-13-7-14(9-16(26)8-13)19-10-20(32-21(35)18-11-30-22(36)31-18)33-34(19)17-5-3-15(25)4-6-17/h3-10,18H,11-12H2,1-2H3,(H2,30,31,36)(H,32,33,35)/t18-/m1/s1. The van der Waals surface area contributed by atoms with Crippen molar-refractivity contribution in [2.75, 3.05) is 11.9 Å². The SMILES string of the molecule is CC(C)(OCc1cc(F)cc(-c2cc(NC(=O)[C@H]3CNC(=O)N3)nn2-c2ccc(Cl)cc2)c1)C(F)(F)F. The van der Waals surface area contributed by atoms with E-state index in [-0.39, 0.29) is 23.5 Å². The van der Waals surface area contributed by atoms with E-state index in [4.69, 9.17) is 16.3 Å². The van der Waals surface area contributed by atoms with E-state index in [1.54, 1.807) is 24.3 Å². The summed E-state index contributed by atoms with van der Waals surface area (Å²) in [6.07, 6.45) is -4.61. The molecule has 0 saturated carbocycles. The Labute approximate surface area is 213 Å². The van der Waals surface area contributed by atoms with Gasteiger partial charge in [-0.25, -0.2) is 13.9 Å². The normalized spacial score (nSPS) is 15.9. The van der Waals surface area contributed by atoms with Crippen molar-refractivity contribution in [2.45, 2.75) is 38.3 Å². The first-order chi connectivity index (χ1) is 17.3. The molecule has 2 aromatic carbocycles. The molecule has 1 fully saturated rings. The summed E-state index contributed by atoms with van der Waals surface area (Å²) in [5, 5.41) is 12.4. The Kier molecular flexibility index (Phi) is 7.16. The van der Waals surface area contributed by atoms with Crippen LogP contribution in [0.1, 0.15) is 19.4 Å². The van der Waals surface area contributed by atoms with Crippen LogP contribution < -0.4 is 16.0 Å². The molecule has 1 aliphatic rings. The third-order valence-electron chi connectivity index (χ3n) is 5.66. The second-order valence-electron chi connectivity index (χ2n) is 8.84. The number of rotatable bonds is 7. The number of carbonyl (C=O) groups excluding carboxylic acids is 2. The minimum absolute atomic E-state index is 0.0942. The van der Waals surface area contributed by atoms with E-state index in [0.29, 0.717) is 16.4 Å². The second-order valence-corrected chi connectivity index (χ2v) is 9.28. The first kappa shape index (κ1) is 26.4. The minimum atomic E-state index is -4.61. The molecule has 1 atom stereocenters. The molecule has 37 heavy (non-hydrogen) atoms. The van der Waals surface area contributed by atoms with E-state index in [0.717, 1.165) is 19.9 Å². The fourth-order valence-electron chi connectivity index (χ4n) is 3.48. The first-order valence-corrected chi connectivity index (χ1v) is 11.4. The number of carbonyl (C=O) groups is 2. The third-order valence-corrected chi connectivity index (χ3v) is 5.91. The van der Waals surface area contributed by atoms with E-state index in [2.05, 4.69) is 21.0 Å². The van der Waals surface area contributed by atoms with E-state index in [9.17, 15) is 27.2 Å². The van der Waals surface area contributed by atoms with Crippen LogP contribution in [-0.4, -0.2) is 46.1 Å². The van der Waals surface area contributed by atoms with Crippen molar-refractivity contribution in [3.63, 3.8) is 0 Å². The zero-order valence-electron chi connectivity index (χ0n) is 19.6. The lowest BCUT2D eigenvalue weighted by molar-refractivity contribution is -0.267. The molecule has 0 radical (unpaired) electrons. The number of nitrogens with one attached hydrogen (secondary N) is 3. The highest BCUT2D eigenvalue weighted by Crippen LogP contribution is 2.34. The van der Waals surface area contributed by atoms with Gasteiger partial charge in [0, 0.05) is 23.2 Å². The Morgan fingerprint density at radius 2 is 1.89 bits per heavy atom. The number of anilines is 1. The van der Waals surface area contributed by atoms with Crippen LogP contribution >= 0.6 is 11.6 Å². The van der Waals surface area contributed by atoms with E-state index >= 15 is 0 Å². The Balaban J connectivity index is 1.68. The smallest absolute Gasteiger partial charge is 0.361 e. The summed E-state index contributed by atoms with van der Waals surface area (Å²) < 4.78 is 60.6. The third kappa shape index (κ3) is 6.03. The Morgan fingerprint density at radius 3 is 2.51 bits per heavy atom. The number of benzene rings is 2. The number of nitrogens with zero attached hydrogens (tertiary/aromatic N) is 2.